The number of benzene rings is 1. The molecule has 1 aliphatic rings. The van der Waals surface area contributed by atoms with E-state index >= 15 is 0 Å². The van der Waals surface area contributed by atoms with Gasteiger partial charge >= 0.3 is 0 Å². The summed E-state index contributed by atoms with van der Waals surface area (Å²) in [4.78, 5) is 9.44. The van der Waals surface area contributed by atoms with E-state index in [1.807, 2.05) is 12.1 Å². The lowest BCUT2D eigenvalue weighted by Crippen LogP contribution is -2.47. The Kier molecular flexibility index (Phi) is 5.81. The number of ether oxygens (including phenoxy) is 1. The van der Waals surface area contributed by atoms with Crippen molar-refractivity contribution in [1.29, 1.82) is 5.26 Å². The van der Waals surface area contributed by atoms with E-state index in [0.717, 1.165) is 50.0 Å². The third-order valence-corrected chi connectivity index (χ3v) is 5.00. The second-order valence-electron chi connectivity index (χ2n) is 5.96. The Labute approximate surface area is 147 Å². The second kappa shape index (κ2) is 8.25. The predicted octanol–water partition coefficient (Wildman–Crippen LogP) is 2.52. The van der Waals surface area contributed by atoms with Gasteiger partial charge in [0, 0.05) is 44.6 Å². The zero-order chi connectivity index (χ0) is 16.8. The van der Waals surface area contributed by atoms with E-state index in [9.17, 15) is 0 Å². The Morgan fingerprint density at radius 3 is 2.50 bits per heavy atom. The van der Waals surface area contributed by atoms with Gasteiger partial charge in [-0.15, -0.1) is 11.3 Å². The van der Waals surface area contributed by atoms with Crippen LogP contribution in [0, 0.1) is 18.3 Å². The lowest BCUT2D eigenvalue weighted by Gasteiger charge is -2.34. The summed E-state index contributed by atoms with van der Waals surface area (Å²) in [6.07, 6.45) is 0. The monoisotopic (exact) mass is 342 g/mol. The molecule has 1 aromatic heterocycles. The minimum atomic E-state index is 0.661. The number of thiazole rings is 1. The molecule has 0 saturated carbocycles. The van der Waals surface area contributed by atoms with Crippen LogP contribution in [-0.4, -0.2) is 54.1 Å². The zero-order valence-electron chi connectivity index (χ0n) is 13.9. The highest BCUT2D eigenvalue weighted by Crippen LogP contribution is 2.13. The Morgan fingerprint density at radius 1 is 1.17 bits per heavy atom. The lowest BCUT2D eigenvalue weighted by atomic mass is 10.2. The summed E-state index contributed by atoms with van der Waals surface area (Å²) in [5.74, 6) is 0.825. The first kappa shape index (κ1) is 16.9. The number of nitrogens with zero attached hydrogens (tertiary/aromatic N) is 4. The number of piperazine rings is 1. The van der Waals surface area contributed by atoms with Gasteiger partial charge in [0.05, 0.1) is 22.3 Å². The fourth-order valence-electron chi connectivity index (χ4n) is 2.80. The molecule has 2 heterocycles. The summed E-state index contributed by atoms with van der Waals surface area (Å²) in [5.41, 5.74) is 1.85. The highest BCUT2D eigenvalue weighted by atomic mass is 32.1. The van der Waals surface area contributed by atoms with Crippen LogP contribution >= 0.6 is 11.3 Å². The van der Waals surface area contributed by atoms with Gasteiger partial charge in [-0.2, -0.15) is 5.26 Å². The summed E-state index contributed by atoms with van der Waals surface area (Å²) in [5, 5.41) is 12.1. The first-order valence-electron chi connectivity index (χ1n) is 8.21. The minimum Gasteiger partial charge on any atom is -0.492 e. The summed E-state index contributed by atoms with van der Waals surface area (Å²) < 4.78 is 5.76. The molecule has 0 unspecified atom stereocenters. The van der Waals surface area contributed by atoms with Crippen molar-refractivity contribution < 1.29 is 4.74 Å². The maximum absolute atomic E-state index is 8.79. The molecule has 1 fully saturated rings. The second-order valence-corrected chi connectivity index (χ2v) is 7.02. The third-order valence-electron chi connectivity index (χ3n) is 4.18. The molecule has 0 atom stereocenters. The molecule has 126 valence electrons. The molecule has 1 saturated heterocycles. The number of rotatable bonds is 6. The normalized spacial score (nSPS) is 16.0. The molecular weight excluding hydrogens is 320 g/mol. The van der Waals surface area contributed by atoms with E-state index in [4.69, 9.17) is 10.00 Å². The largest absolute Gasteiger partial charge is 0.492 e. The molecule has 2 aromatic rings. The van der Waals surface area contributed by atoms with Crippen molar-refractivity contribution in [3.8, 4) is 11.8 Å². The van der Waals surface area contributed by atoms with E-state index in [2.05, 4.69) is 33.2 Å². The van der Waals surface area contributed by atoms with E-state index in [1.165, 1.54) is 5.69 Å². The molecule has 0 aliphatic carbocycles. The average molecular weight is 342 g/mol. The van der Waals surface area contributed by atoms with E-state index in [0.29, 0.717) is 12.2 Å². The van der Waals surface area contributed by atoms with E-state index in [1.54, 1.807) is 23.5 Å². The maximum Gasteiger partial charge on any atom is 0.119 e. The number of aryl methyl sites for hydroxylation is 1. The zero-order valence-corrected chi connectivity index (χ0v) is 14.8. The summed E-state index contributed by atoms with van der Waals surface area (Å²) >= 11 is 1.72. The van der Waals surface area contributed by atoms with Crippen LogP contribution in [0.1, 0.15) is 16.3 Å². The maximum atomic E-state index is 8.79. The van der Waals surface area contributed by atoms with Gasteiger partial charge in [0.15, 0.2) is 0 Å². The molecular formula is C18H22N4OS. The SMILES string of the molecule is Cc1nc(CN2CCN(CCOc3ccc(C#N)cc3)CC2)cs1. The van der Waals surface area contributed by atoms with Crippen LogP contribution in [-0.2, 0) is 6.54 Å². The van der Waals surface area contributed by atoms with Crippen molar-refractivity contribution in [2.75, 3.05) is 39.3 Å². The minimum absolute atomic E-state index is 0.661. The van der Waals surface area contributed by atoms with Crippen molar-refractivity contribution in [3.63, 3.8) is 0 Å². The Morgan fingerprint density at radius 2 is 1.88 bits per heavy atom. The molecule has 1 aliphatic heterocycles. The smallest absolute Gasteiger partial charge is 0.119 e. The summed E-state index contributed by atoms with van der Waals surface area (Å²) in [6, 6.07) is 9.39. The Balaban J connectivity index is 1.35. The van der Waals surface area contributed by atoms with Crippen molar-refractivity contribution in [3.05, 3.63) is 45.9 Å². The number of hydrogen-bond acceptors (Lipinski definition) is 6. The lowest BCUT2D eigenvalue weighted by molar-refractivity contribution is 0.112. The van der Waals surface area contributed by atoms with Gasteiger partial charge in [-0.1, -0.05) is 0 Å². The fourth-order valence-corrected chi connectivity index (χ4v) is 3.40. The molecule has 1 aromatic carbocycles. The van der Waals surface area contributed by atoms with Crippen LogP contribution < -0.4 is 4.74 Å². The Hall–Kier alpha value is -1.94. The van der Waals surface area contributed by atoms with Gasteiger partial charge in [-0.05, 0) is 31.2 Å². The van der Waals surface area contributed by atoms with Gasteiger partial charge in [-0.25, -0.2) is 4.98 Å². The summed E-state index contributed by atoms with van der Waals surface area (Å²) in [6.45, 7) is 8.92. The van der Waals surface area contributed by atoms with Gasteiger partial charge in [0.25, 0.3) is 0 Å². The van der Waals surface area contributed by atoms with Crippen molar-refractivity contribution >= 4 is 11.3 Å². The molecule has 0 amide bonds. The number of hydrogen-bond donors (Lipinski definition) is 0. The topological polar surface area (TPSA) is 52.4 Å². The summed E-state index contributed by atoms with van der Waals surface area (Å²) in [7, 11) is 0. The molecule has 0 N–H and O–H groups in total. The van der Waals surface area contributed by atoms with E-state index < -0.39 is 0 Å². The predicted molar refractivity (Wildman–Crippen MR) is 95.2 cm³/mol. The quantitative estimate of drug-likeness (QED) is 0.807. The average Bonchev–Trinajstić information content (AvgIpc) is 3.02. The van der Waals surface area contributed by atoms with Crippen LogP contribution in [0.2, 0.25) is 0 Å². The van der Waals surface area contributed by atoms with Gasteiger partial charge in [0.1, 0.15) is 12.4 Å². The van der Waals surface area contributed by atoms with Crippen LogP contribution in [0.15, 0.2) is 29.6 Å². The van der Waals surface area contributed by atoms with Crippen LogP contribution in [0.5, 0.6) is 5.75 Å². The number of nitriles is 1. The first-order chi connectivity index (χ1) is 11.7. The number of aromatic nitrogens is 1. The molecule has 0 spiro atoms. The standard InChI is InChI=1S/C18H22N4OS/c1-15-20-17(14-24-15)13-22-8-6-21(7-9-22)10-11-23-18-4-2-16(12-19)3-5-18/h2-5,14H,6-11,13H2,1H3. The van der Waals surface area contributed by atoms with Crippen LogP contribution in [0.25, 0.3) is 0 Å². The van der Waals surface area contributed by atoms with Gasteiger partial charge in [0.2, 0.25) is 0 Å². The highest BCUT2D eigenvalue weighted by molar-refractivity contribution is 7.09. The van der Waals surface area contributed by atoms with Crippen LogP contribution in [0.3, 0.4) is 0 Å². The third kappa shape index (κ3) is 4.78. The molecule has 0 bridgehead atoms. The van der Waals surface area contributed by atoms with E-state index in [-0.39, 0.29) is 0 Å². The van der Waals surface area contributed by atoms with Crippen molar-refractivity contribution in [1.82, 2.24) is 14.8 Å². The molecule has 3 rings (SSSR count). The molecule has 24 heavy (non-hydrogen) atoms. The van der Waals surface area contributed by atoms with Gasteiger partial charge in [-0.3, -0.25) is 9.80 Å². The van der Waals surface area contributed by atoms with Crippen molar-refractivity contribution in [2.24, 2.45) is 0 Å². The van der Waals surface area contributed by atoms with Gasteiger partial charge < -0.3 is 4.74 Å². The Bertz CT molecular complexity index is 684. The highest BCUT2D eigenvalue weighted by Gasteiger charge is 2.17. The molecule has 6 heteroatoms. The molecule has 5 nitrogen and oxygen atoms in total. The molecule has 0 radical (unpaired) electrons. The van der Waals surface area contributed by atoms with Crippen molar-refractivity contribution in [2.45, 2.75) is 13.5 Å². The fraction of sp³-hybridized carbons (Fsp3) is 0.444. The first-order valence-corrected chi connectivity index (χ1v) is 9.09. The van der Waals surface area contributed by atoms with Crippen LogP contribution in [0.4, 0.5) is 0 Å².